The number of hydrogen-bond donors (Lipinski definition) is 0. The summed E-state index contributed by atoms with van der Waals surface area (Å²) >= 11 is 0. The van der Waals surface area contributed by atoms with Crippen molar-refractivity contribution in [3.8, 4) is 0 Å². The fourth-order valence-electron chi connectivity index (χ4n) is 3.12. The van der Waals surface area contributed by atoms with Crippen molar-refractivity contribution >= 4 is 17.0 Å². The van der Waals surface area contributed by atoms with Gasteiger partial charge in [0.1, 0.15) is 23.8 Å². The average Bonchev–Trinajstić information content (AvgIpc) is 3.26. The first kappa shape index (κ1) is 16.9. The molecule has 0 bridgehead atoms. The first-order valence-electron chi connectivity index (χ1n) is 8.97. The summed E-state index contributed by atoms with van der Waals surface area (Å²) < 4.78 is 4.77. The molecule has 1 aliphatic rings. The van der Waals surface area contributed by atoms with Gasteiger partial charge in [0.25, 0.3) is 0 Å². The predicted molar refractivity (Wildman–Crippen MR) is 95.9 cm³/mol. The summed E-state index contributed by atoms with van der Waals surface area (Å²) in [4.78, 5) is 13.4. The average molecular weight is 356 g/mol. The highest BCUT2D eigenvalue weighted by Gasteiger charge is 2.28. The van der Waals surface area contributed by atoms with Gasteiger partial charge in [-0.05, 0) is 19.3 Å². The molecular weight excluding hydrogens is 332 g/mol. The van der Waals surface area contributed by atoms with Crippen LogP contribution in [0.2, 0.25) is 0 Å². The SMILES string of the molecule is Cc1nonc1Cn1nc2nc(C(C)(C)C)nc(N3CCC(C)C3)c2n1. The number of nitrogens with zero attached hydrogens (tertiary/aromatic N) is 8. The second-order valence-electron chi connectivity index (χ2n) is 8.16. The van der Waals surface area contributed by atoms with E-state index in [9.17, 15) is 0 Å². The molecule has 4 heterocycles. The summed E-state index contributed by atoms with van der Waals surface area (Å²) in [5.74, 6) is 2.31. The summed E-state index contributed by atoms with van der Waals surface area (Å²) in [5, 5.41) is 16.9. The molecule has 1 atom stereocenters. The molecule has 9 heteroatoms. The topological polar surface area (TPSA) is 98.6 Å². The predicted octanol–water partition coefficient (Wildman–Crippen LogP) is 2.10. The van der Waals surface area contributed by atoms with Gasteiger partial charge in [-0.3, -0.25) is 0 Å². The molecule has 3 aromatic heterocycles. The molecule has 0 N–H and O–H groups in total. The number of anilines is 1. The highest BCUT2D eigenvalue weighted by Crippen LogP contribution is 2.30. The molecule has 3 aromatic rings. The third-order valence-electron chi connectivity index (χ3n) is 4.70. The van der Waals surface area contributed by atoms with E-state index in [1.54, 1.807) is 4.80 Å². The molecule has 1 saturated heterocycles. The van der Waals surface area contributed by atoms with E-state index in [2.05, 4.69) is 58.1 Å². The van der Waals surface area contributed by atoms with Gasteiger partial charge in [0.2, 0.25) is 5.65 Å². The van der Waals surface area contributed by atoms with Gasteiger partial charge in [0.05, 0.1) is 0 Å². The van der Waals surface area contributed by atoms with Gasteiger partial charge >= 0.3 is 0 Å². The van der Waals surface area contributed by atoms with Gasteiger partial charge in [-0.25, -0.2) is 14.6 Å². The number of hydrogen-bond acceptors (Lipinski definition) is 8. The second-order valence-corrected chi connectivity index (χ2v) is 8.16. The van der Waals surface area contributed by atoms with Gasteiger partial charge in [-0.15, -0.1) is 10.2 Å². The maximum atomic E-state index is 4.87. The Balaban J connectivity index is 1.80. The molecule has 0 radical (unpaired) electrons. The van der Waals surface area contributed by atoms with Crippen molar-refractivity contribution in [3.05, 3.63) is 17.2 Å². The van der Waals surface area contributed by atoms with Gasteiger partial charge in [0.15, 0.2) is 11.3 Å². The van der Waals surface area contributed by atoms with E-state index in [1.165, 1.54) is 0 Å². The molecule has 0 spiro atoms. The Labute approximate surface area is 151 Å². The van der Waals surface area contributed by atoms with E-state index < -0.39 is 0 Å². The number of aryl methyl sites for hydroxylation is 1. The minimum Gasteiger partial charge on any atom is -0.354 e. The molecule has 0 amide bonds. The van der Waals surface area contributed by atoms with Crippen LogP contribution in [0, 0.1) is 12.8 Å². The van der Waals surface area contributed by atoms with Crippen molar-refractivity contribution in [1.82, 2.24) is 35.3 Å². The molecule has 4 rings (SSSR count). The molecule has 9 nitrogen and oxygen atoms in total. The Bertz CT molecular complexity index is 938. The first-order valence-corrected chi connectivity index (χ1v) is 8.97. The van der Waals surface area contributed by atoms with Crippen LogP contribution in [-0.2, 0) is 12.0 Å². The van der Waals surface area contributed by atoms with Gasteiger partial charge in [0, 0.05) is 18.5 Å². The lowest BCUT2D eigenvalue weighted by Crippen LogP contribution is -2.24. The first-order chi connectivity index (χ1) is 12.3. The number of fused-ring (bicyclic) bond motifs is 1. The van der Waals surface area contributed by atoms with Crippen LogP contribution in [0.25, 0.3) is 11.2 Å². The zero-order chi connectivity index (χ0) is 18.5. The molecule has 0 saturated carbocycles. The van der Waals surface area contributed by atoms with E-state index in [4.69, 9.17) is 9.61 Å². The van der Waals surface area contributed by atoms with Crippen LogP contribution in [0.1, 0.15) is 51.3 Å². The van der Waals surface area contributed by atoms with Crippen molar-refractivity contribution in [2.45, 2.75) is 53.0 Å². The third-order valence-corrected chi connectivity index (χ3v) is 4.70. The normalized spacial score (nSPS) is 18.2. The summed E-state index contributed by atoms with van der Waals surface area (Å²) in [6.45, 7) is 12.8. The van der Waals surface area contributed by atoms with Crippen LogP contribution >= 0.6 is 0 Å². The van der Waals surface area contributed by atoms with E-state index in [0.717, 1.165) is 42.4 Å². The van der Waals surface area contributed by atoms with Crippen molar-refractivity contribution in [2.75, 3.05) is 18.0 Å². The fourth-order valence-corrected chi connectivity index (χ4v) is 3.12. The highest BCUT2D eigenvalue weighted by molar-refractivity contribution is 5.82. The van der Waals surface area contributed by atoms with Crippen LogP contribution in [0.4, 0.5) is 5.82 Å². The summed E-state index contributed by atoms with van der Waals surface area (Å²) in [7, 11) is 0. The van der Waals surface area contributed by atoms with E-state index in [1.807, 2.05) is 6.92 Å². The second kappa shape index (κ2) is 6.00. The highest BCUT2D eigenvalue weighted by atomic mass is 16.6. The van der Waals surface area contributed by atoms with E-state index in [0.29, 0.717) is 23.8 Å². The minimum absolute atomic E-state index is 0.162. The Kier molecular flexibility index (Phi) is 3.89. The maximum absolute atomic E-state index is 4.87. The quantitative estimate of drug-likeness (QED) is 0.703. The van der Waals surface area contributed by atoms with E-state index in [-0.39, 0.29) is 5.41 Å². The Hall–Kier alpha value is -2.58. The van der Waals surface area contributed by atoms with Crippen LogP contribution in [0.3, 0.4) is 0 Å². The lowest BCUT2D eigenvalue weighted by atomic mass is 9.96. The molecule has 0 aliphatic carbocycles. The number of aromatic nitrogens is 7. The maximum Gasteiger partial charge on any atom is 0.207 e. The van der Waals surface area contributed by atoms with Gasteiger partial charge in [-0.2, -0.15) is 4.80 Å². The monoisotopic (exact) mass is 356 g/mol. The standard InChI is InChI=1S/C17H24N8O/c1-10-6-7-24(8-10)15-13-14(18-16(19-15)17(3,4)5)21-25(20-13)9-12-11(2)22-26-23-12/h10H,6-9H2,1-5H3. The van der Waals surface area contributed by atoms with Gasteiger partial charge < -0.3 is 4.90 Å². The Morgan fingerprint density at radius 3 is 2.58 bits per heavy atom. The van der Waals surface area contributed by atoms with Crippen molar-refractivity contribution in [2.24, 2.45) is 5.92 Å². The van der Waals surface area contributed by atoms with Gasteiger partial charge in [-0.1, -0.05) is 38.0 Å². The van der Waals surface area contributed by atoms with Crippen molar-refractivity contribution in [3.63, 3.8) is 0 Å². The molecular formula is C17H24N8O. The van der Waals surface area contributed by atoms with Crippen molar-refractivity contribution in [1.29, 1.82) is 0 Å². The Morgan fingerprint density at radius 1 is 1.15 bits per heavy atom. The van der Waals surface area contributed by atoms with Crippen molar-refractivity contribution < 1.29 is 4.63 Å². The molecule has 138 valence electrons. The fraction of sp³-hybridized carbons (Fsp3) is 0.647. The number of rotatable bonds is 3. The summed E-state index contributed by atoms with van der Waals surface area (Å²) in [6.07, 6.45) is 1.16. The van der Waals surface area contributed by atoms with Crippen LogP contribution in [0.5, 0.6) is 0 Å². The van der Waals surface area contributed by atoms with Crippen LogP contribution < -0.4 is 4.90 Å². The smallest absolute Gasteiger partial charge is 0.207 e. The van der Waals surface area contributed by atoms with Crippen LogP contribution in [-0.4, -0.2) is 48.4 Å². The largest absolute Gasteiger partial charge is 0.354 e. The molecule has 26 heavy (non-hydrogen) atoms. The zero-order valence-electron chi connectivity index (χ0n) is 15.9. The van der Waals surface area contributed by atoms with Crippen LogP contribution in [0.15, 0.2) is 4.63 Å². The lowest BCUT2D eigenvalue weighted by Gasteiger charge is -2.21. The molecule has 0 aromatic carbocycles. The molecule has 1 unspecified atom stereocenters. The Morgan fingerprint density at radius 2 is 1.96 bits per heavy atom. The third kappa shape index (κ3) is 3.02. The van der Waals surface area contributed by atoms with E-state index >= 15 is 0 Å². The molecule has 1 aliphatic heterocycles. The summed E-state index contributed by atoms with van der Waals surface area (Å²) in [6, 6.07) is 0. The summed E-state index contributed by atoms with van der Waals surface area (Å²) in [5.41, 5.74) is 2.65. The zero-order valence-corrected chi connectivity index (χ0v) is 15.9. The minimum atomic E-state index is -0.162. The lowest BCUT2D eigenvalue weighted by molar-refractivity contribution is 0.299. The molecule has 1 fully saturated rings.